The van der Waals surface area contributed by atoms with E-state index in [9.17, 15) is 4.79 Å². The van der Waals surface area contributed by atoms with Crippen LogP contribution in [0.25, 0.3) is 0 Å². The van der Waals surface area contributed by atoms with Gasteiger partial charge in [-0.25, -0.2) is 0 Å². The van der Waals surface area contributed by atoms with Gasteiger partial charge in [-0.3, -0.25) is 4.79 Å². The quantitative estimate of drug-likeness (QED) is 0.843. The molecule has 1 fully saturated rings. The van der Waals surface area contributed by atoms with E-state index in [0.29, 0.717) is 32.1 Å². The molecule has 1 atom stereocenters. The molecule has 0 aliphatic carbocycles. The smallest absolute Gasteiger partial charge is 0.244 e. The van der Waals surface area contributed by atoms with Crippen LogP contribution in [0.3, 0.4) is 0 Å². The average Bonchev–Trinajstić information content (AvgIpc) is 2.39. The third-order valence-electron chi connectivity index (χ3n) is 2.85. The Morgan fingerprint density at radius 3 is 2.89 bits per heavy atom. The van der Waals surface area contributed by atoms with E-state index in [4.69, 9.17) is 4.74 Å². The molecular formula is C12H18N4O2. The Balaban J connectivity index is 1.94. The van der Waals surface area contributed by atoms with Crippen molar-refractivity contribution in [3.63, 3.8) is 0 Å². The van der Waals surface area contributed by atoms with Crippen LogP contribution in [-0.4, -0.2) is 53.3 Å². The van der Waals surface area contributed by atoms with Crippen molar-refractivity contribution >= 4 is 11.7 Å². The summed E-state index contributed by atoms with van der Waals surface area (Å²) in [6, 6.07) is 1.56. The van der Waals surface area contributed by atoms with Gasteiger partial charge >= 0.3 is 0 Å². The molecular weight excluding hydrogens is 232 g/mol. The molecule has 18 heavy (non-hydrogen) atoms. The Bertz CT molecular complexity index is 418. The summed E-state index contributed by atoms with van der Waals surface area (Å²) in [5.74, 6) is 0.700. The predicted octanol–water partition coefficient (Wildman–Crippen LogP) is 0.444. The Hall–Kier alpha value is -1.69. The number of aromatic nitrogens is 2. The Labute approximate surface area is 106 Å². The number of carbonyl (C=O) groups excluding carboxylic acids is 1. The number of aryl methyl sites for hydroxylation is 1. The van der Waals surface area contributed by atoms with E-state index in [0.717, 1.165) is 5.56 Å². The van der Waals surface area contributed by atoms with E-state index in [-0.39, 0.29) is 11.9 Å². The molecule has 0 aromatic carbocycles. The summed E-state index contributed by atoms with van der Waals surface area (Å²) in [5, 5.41) is 10.9. The lowest BCUT2D eigenvalue weighted by Gasteiger charge is -2.29. The topological polar surface area (TPSA) is 67.4 Å². The molecule has 1 amide bonds. The fourth-order valence-corrected chi connectivity index (χ4v) is 1.88. The number of nitrogens with zero attached hydrogens (tertiary/aromatic N) is 3. The first-order valence-electron chi connectivity index (χ1n) is 6.09. The van der Waals surface area contributed by atoms with Crippen molar-refractivity contribution < 1.29 is 9.53 Å². The van der Waals surface area contributed by atoms with Gasteiger partial charge in [0.15, 0.2) is 0 Å². The molecule has 1 aliphatic heterocycles. The van der Waals surface area contributed by atoms with Crippen LogP contribution in [-0.2, 0) is 9.53 Å². The van der Waals surface area contributed by atoms with Crippen molar-refractivity contribution in [2.45, 2.75) is 19.9 Å². The molecule has 0 spiro atoms. The SMILES string of the molecule is Cc1cnnc(NC(C)C(=O)N2CCOCC2)c1. The standard InChI is InChI=1S/C12H18N4O2/c1-9-7-11(15-13-8-9)14-10(2)12(17)16-3-5-18-6-4-16/h7-8,10H,3-6H2,1-2H3,(H,14,15). The first-order valence-corrected chi connectivity index (χ1v) is 6.09. The lowest BCUT2D eigenvalue weighted by molar-refractivity contribution is -0.135. The number of anilines is 1. The van der Waals surface area contributed by atoms with Crippen molar-refractivity contribution in [3.8, 4) is 0 Å². The molecule has 0 radical (unpaired) electrons. The summed E-state index contributed by atoms with van der Waals surface area (Å²) in [7, 11) is 0. The maximum atomic E-state index is 12.1. The fraction of sp³-hybridized carbons (Fsp3) is 0.583. The van der Waals surface area contributed by atoms with Crippen LogP contribution in [0, 0.1) is 6.92 Å². The molecule has 1 aromatic heterocycles. The number of rotatable bonds is 3. The molecule has 0 bridgehead atoms. The predicted molar refractivity (Wildman–Crippen MR) is 67.3 cm³/mol. The molecule has 0 saturated carbocycles. The van der Waals surface area contributed by atoms with Gasteiger partial charge in [0.05, 0.1) is 19.4 Å². The number of hydrogen-bond donors (Lipinski definition) is 1. The van der Waals surface area contributed by atoms with Crippen molar-refractivity contribution in [3.05, 3.63) is 17.8 Å². The normalized spacial score (nSPS) is 17.3. The maximum absolute atomic E-state index is 12.1. The Kier molecular flexibility index (Phi) is 4.09. The summed E-state index contributed by atoms with van der Waals surface area (Å²) in [5.41, 5.74) is 1.01. The molecule has 6 heteroatoms. The van der Waals surface area contributed by atoms with E-state index in [1.54, 1.807) is 6.20 Å². The molecule has 1 saturated heterocycles. The van der Waals surface area contributed by atoms with Gasteiger partial charge in [-0.2, -0.15) is 5.10 Å². The van der Waals surface area contributed by atoms with Gasteiger partial charge < -0.3 is 15.0 Å². The summed E-state index contributed by atoms with van der Waals surface area (Å²) in [6.45, 7) is 6.32. The minimum Gasteiger partial charge on any atom is -0.378 e. The van der Waals surface area contributed by atoms with Crippen LogP contribution in [0.15, 0.2) is 12.3 Å². The van der Waals surface area contributed by atoms with E-state index >= 15 is 0 Å². The van der Waals surface area contributed by atoms with E-state index in [2.05, 4.69) is 15.5 Å². The first kappa shape index (κ1) is 12.8. The second-order valence-electron chi connectivity index (χ2n) is 4.42. The molecule has 1 aliphatic rings. The van der Waals surface area contributed by atoms with Gasteiger partial charge in [-0.15, -0.1) is 5.10 Å². The molecule has 2 rings (SSSR count). The van der Waals surface area contributed by atoms with Crippen molar-refractivity contribution in [2.24, 2.45) is 0 Å². The zero-order valence-electron chi connectivity index (χ0n) is 10.7. The highest BCUT2D eigenvalue weighted by molar-refractivity contribution is 5.84. The Morgan fingerprint density at radius 1 is 1.50 bits per heavy atom. The van der Waals surface area contributed by atoms with Crippen LogP contribution in [0.4, 0.5) is 5.82 Å². The van der Waals surface area contributed by atoms with Gasteiger partial charge in [0.25, 0.3) is 0 Å². The number of morpholine rings is 1. The summed E-state index contributed by atoms with van der Waals surface area (Å²) >= 11 is 0. The van der Waals surface area contributed by atoms with Crippen molar-refractivity contribution in [2.75, 3.05) is 31.6 Å². The molecule has 1 unspecified atom stereocenters. The number of amides is 1. The second kappa shape index (κ2) is 5.77. The summed E-state index contributed by atoms with van der Waals surface area (Å²) < 4.78 is 5.23. The van der Waals surface area contributed by atoms with Gasteiger partial charge in [0.1, 0.15) is 11.9 Å². The van der Waals surface area contributed by atoms with Crippen LogP contribution >= 0.6 is 0 Å². The molecule has 1 aromatic rings. The maximum Gasteiger partial charge on any atom is 0.244 e. The highest BCUT2D eigenvalue weighted by Gasteiger charge is 2.22. The van der Waals surface area contributed by atoms with Gasteiger partial charge in [-0.1, -0.05) is 0 Å². The number of hydrogen-bond acceptors (Lipinski definition) is 5. The zero-order valence-corrected chi connectivity index (χ0v) is 10.7. The van der Waals surface area contributed by atoms with Crippen LogP contribution in [0.1, 0.15) is 12.5 Å². The highest BCUT2D eigenvalue weighted by atomic mass is 16.5. The number of carbonyl (C=O) groups is 1. The minimum atomic E-state index is -0.306. The lowest BCUT2D eigenvalue weighted by Crippen LogP contribution is -2.47. The summed E-state index contributed by atoms with van der Waals surface area (Å²) in [6.07, 6.45) is 1.68. The van der Waals surface area contributed by atoms with Gasteiger partial charge in [0, 0.05) is 13.1 Å². The van der Waals surface area contributed by atoms with E-state index < -0.39 is 0 Å². The van der Waals surface area contributed by atoms with Crippen molar-refractivity contribution in [1.29, 1.82) is 0 Å². The van der Waals surface area contributed by atoms with Gasteiger partial charge in [0.2, 0.25) is 5.91 Å². The lowest BCUT2D eigenvalue weighted by atomic mass is 10.2. The van der Waals surface area contributed by atoms with Crippen molar-refractivity contribution in [1.82, 2.24) is 15.1 Å². The largest absolute Gasteiger partial charge is 0.378 e. The third-order valence-corrected chi connectivity index (χ3v) is 2.85. The van der Waals surface area contributed by atoms with Crippen LogP contribution in [0.2, 0.25) is 0 Å². The average molecular weight is 250 g/mol. The van der Waals surface area contributed by atoms with Gasteiger partial charge in [-0.05, 0) is 25.5 Å². The second-order valence-corrected chi connectivity index (χ2v) is 4.42. The molecule has 6 nitrogen and oxygen atoms in total. The minimum absolute atomic E-state index is 0.0709. The Morgan fingerprint density at radius 2 is 2.22 bits per heavy atom. The van der Waals surface area contributed by atoms with Crippen LogP contribution in [0.5, 0.6) is 0 Å². The van der Waals surface area contributed by atoms with E-state index in [1.807, 2.05) is 24.8 Å². The van der Waals surface area contributed by atoms with Crippen LogP contribution < -0.4 is 5.32 Å². The molecule has 2 heterocycles. The van der Waals surface area contributed by atoms with E-state index in [1.165, 1.54) is 0 Å². The monoisotopic (exact) mass is 250 g/mol. The first-order chi connectivity index (χ1) is 8.66. The highest BCUT2D eigenvalue weighted by Crippen LogP contribution is 2.08. The molecule has 1 N–H and O–H groups in total. The fourth-order valence-electron chi connectivity index (χ4n) is 1.88. The molecule has 98 valence electrons. The summed E-state index contributed by atoms with van der Waals surface area (Å²) in [4.78, 5) is 14.0. The third kappa shape index (κ3) is 3.16. The number of nitrogens with one attached hydrogen (secondary N) is 1. The zero-order chi connectivity index (χ0) is 13.0. The number of ether oxygens (including phenoxy) is 1.